The number of carboxylic acids is 1. The molecule has 1 N–H and O–H groups in total. The van der Waals surface area contributed by atoms with Crippen molar-refractivity contribution in [1.29, 1.82) is 0 Å². The van der Waals surface area contributed by atoms with E-state index in [-0.39, 0.29) is 0 Å². The second-order valence-corrected chi connectivity index (χ2v) is 5.10. The van der Waals surface area contributed by atoms with Gasteiger partial charge in [0.1, 0.15) is 0 Å². The van der Waals surface area contributed by atoms with Crippen LogP contribution in [0.4, 0.5) is 0 Å². The van der Waals surface area contributed by atoms with Crippen LogP contribution >= 0.6 is 0 Å². The van der Waals surface area contributed by atoms with Crippen LogP contribution in [-0.4, -0.2) is 23.3 Å². The lowest BCUT2D eigenvalue weighted by atomic mass is 9.71. The molecule has 0 aromatic heterocycles. The Morgan fingerprint density at radius 1 is 1.40 bits per heavy atom. The first-order chi connectivity index (χ1) is 7.09. The molecule has 2 rings (SSSR count). The lowest BCUT2D eigenvalue weighted by Crippen LogP contribution is -2.33. The minimum absolute atomic E-state index is 0.300. The van der Waals surface area contributed by atoms with Gasteiger partial charge in [0.25, 0.3) is 0 Å². The molecule has 5 atom stereocenters. The number of rotatable bonds is 2. The predicted octanol–water partition coefficient (Wildman–Crippen LogP) is 2.30. The van der Waals surface area contributed by atoms with Gasteiger partial charge in [-0.2, -0.15) is 0 Å². The maximum atomic E-state index is 10.8. The quantitative estimate of drug-likeness (QED) is 0.764. The van der Waals surface area contributed by atoms with Crippen LogP contribution in [0.2, 0.25) is 0 Å². The number of fused-ring (bicyclic) bond motifs is 1. The van der Waals surface area contributed by atoms with E-state index in [1.807, 2.05) is 0 Å². The average molecular weight is 212 g/mol. The molecule has 15 heavy (non-hydrogen) atoms. The fraction of sp³-hybridized carbons (Fsp3) is 0.917. The number of hydrogen-bond acceptors (Lipinski definition) is 2. The van der Waals surface area contributed by atoms with E-state index in [2.05, 4.69) is 13.8 Å². The van der Waals surface area contributed by atoms with E-state index in [0.717, 1.165) is 19.3 Å². The van der Waals surface area contributed by atoms with Crippen molar-refractivity contribution in [3.8, 4) is 0 Å². The Labute approximate surface area is 90.8 Å². The second-order valence-electron chi connectivity index (χ2n) is 5.10. The van der Waals surface area contributed by atoms with Gasteiger partial charge in [0.05, 0.1) is 12.2 Å². The van der Waals surface area contributed by atoms with Crippen molar-refractivity contribution in [2.24, 2.45) is 17.8 Å². The minimum atomic E-state index is -0.660. The van der Waals surface area contributed by atoms with Crippen molar-refractivity contribution in [2.45, 2.75) is 51.7 Å². The molecule has 0 aromatic carbocycles. The Kier molecular flexibility index (Phi) is 3.01. The van der Waals surface area contributed by atoms with Crippen molar-refractivity contribution in [2.75, 3.05) is 0 Å². The Morgan fingerprint density at radius 3 is 2.80 bits per heavy atom. The van der Waals surface area contributed by atoms with Crippen LogP contribution in [0.25, 0.3) is 0 Å². The lowest BCUT2D eigenvalue weighted by Gasteiger charge is -2.33. The van der Waals surface area contributed by atoms with E-state index in [9.17, 15) is 4.79 Å². The number of hydrogen-bond donors (Lipinski definition) is 1. The van der Waals surface area contributed by atoms with Crippen LogP contribution in [0.3, 0.4) is 0 Å². The third kappa shape index (κ3) is 2.03. The Bertz CT molecular complexity index is 251. The van der Waals surface area contributed by atoms with E-state index in [1.54, 1.807) is 0 Å². The van der Waals surface area contributed by atoms with Gasteiger partial charge in [-0.25, -0.2) is 0 Å². The van der Waals surface area contributed by atoms with Crippen molar-refractivity contribution in [3.05, 3.63) is 0 Å². The van der Waals surface area contributed by atoms with Gasteiger partial charge in [0, 0.05) is 6.42 Å². The Morgan fingerprint density at radius 2 is 2.13 bits per heavy atom. The summed E-state index contributed by atoms with van der Waals surface area (Å²) >= 11 is 0. The fourth-order valence-corrected chi connectivity index (χ4v) is 3.37. The van der Waals surface area contributed by atoms with E-state index in [0.29, 0.717) is 36.4 Å². The molecule has 86 valence electrons. The zero-order chi connectivity index (χ0) is 11.0. The van der Waals surface area contributed by atoms with Crippen LogP contribution in [-0.2, 0) is 9.53 Å². The number of carboxylic acid groups (broad SMARTS) is 1. The zero-order valence-electron chi connectivity index (χ0n) is 9.48. The molecule has 3 nitrogen and oxygen atoms in total. The fourth-order valence-electron chi connectivity index (χ4n) is 3.37. The number of aliphatic carboxylic acids is 1. The highest BCUT2D eigenvalue weighted by Gasteiger charge is 2.45. The van der Waals surface area contributed by atoms with Crippen LogP contribution in [0.1, 0.15) is 39.5 Å². The molecule has 3 heteroatoms. The molecule has 1 saturated carbocycles. The lowest BCUT2D eigenvalue weighted by molar-refractivity contribution is -0.139. The third-order valence-electron chi connectivity index (χ3n) is 4.21. The molecule has 1 heterocycles. The van der Waals surface area contributed by atoms with Gasteiger partial charge >= 0.3 is 5.97 Å². The van der Waals surface area contributed by atoms with Gasteiger partial charge in [-0.05, 0) is 37.5 Å². The maximum Gasteiger partial charge on any atom is 0.303 e. The summed E-state index contributed by atoms with van der Waals surface area (Å²) < 4.78 is 5.90. The van der Waals surface area contributed by atoms with Crippen LogP contribution in [0.5, 0.6) is 0 Å². The summed E-state index contributed by atoms with van der Waals surface area (Å²) in [4.78, 5) is 10.8. The predicted molar refractivity (Wildman–Crippen MR) is 56.6 cm³/mol. The summed E-state index contributed by atoms with van der Waals surface area (Å²) in [6.07, 6.45) is 4.26. The zero-order valence-corrected chi connectivity index (χ0v) is 9.48. The van der Waals surface area contributed by atoms with Gasteiger partial charge in [0.15, 0.2) is 0 Å². The van der Waals surface area contributed by atoms with Crippen LogP contribution in [0.15, 0.2) is 0 Å². The largest absolute Gasteiger partial charge is 0.481 e. The summed E-state index contributed by atoms with van der Waals surface area (Å²) in [6.45, 7) is 4.32. The molecule has 0 bridgehead atoms. The molecule has 0 unspecified atom stereocenters. The molecular weight excluding hydrogens is 192 g/mol. The topological polar surface area (TPSA) is 46.5 Å². The molecule has 0 aromatic rings. The molecule has 0 radical (unpaired) electrons. The van der Waals surface area contributed by atoms with E-state index >= 15 is 0 Å². The average Bonchev–Trinajstić information content (AvgIpc) is 2.43. The number of carbonyl (C=O) groups is 1. The van der Waals surface area contributed by atoms with Crippen molar-refractivity contribution < 1.29 is 14.6 Å². The SMILES string of the molecule is C[C@@H]1[C@H]2[C@@H](CC(=O)O)CCC[C@H]2O[C@H]1C. The Hall–Kier alpha value is -0.570. The third-order valence-corrected chi connectivity index (χ3v) is 4.21. The van der Waals surface area contributed by atoms with Gasteiger partial charge in [0.2, 0.25) is 0 Å². The molecule has 2 aliphatic rings. The highest BCUT2D eigenvalue weighted by atomic mass is 16.5. The summed E-state index contributed by atoms with van der Waals surface area (Å²) in [5.41, 5.74) is 0. The van der Waals surface area contributed by atoms with Crippen molar-refractivity contribution in [3.63, 3.8) is 0 Å². The monoisotopic (exact) mass is 212 g/mol. The second kappa shape index (κ2) is 4.12. The molecule has 0 amide bonds. The summed E-state index contributed by atoms with van der Waals surface area (Å²) in [7, 11) is 0. The highest BCUT2D eigenvalue weighted by molar-refractivity contribution is 5.67. The molecule has 2 fully saturated rings. The minimum Gasteiger partial charge on any atom is -0.481 e. The molecular formula is C12H20O3. The first-order valence-electron chi connectivity index (χ1n) is 5.97. The van der Waals surface area contributed by atoms with Crippen molar-refractivity contribution in [1.82, 2.24) is 0 Å². The molecule has 1 saturated heterocycles. The van der Waals surface area contributed by atoms with Gasteiger partial charge in [-0.1, -0.05) is 13.3 Å². The summed E-state index contributed by atoms with van der Waals surface area (Å²) in [5.74, 6) is 0.665. The standard InChI is InChI=1S/C12H20O3/c1-7-8(2)15-10-5-3-4-9(12(7)10)6-11(13)14/h7-10,12H,3-6H2,1-2H3,(H,13,14)/t7-,8-,9+,10+,12-/m0/s1. The van der Waals surface area contributed by atoms with E-state index in [1.165, 1.54) is 0 Å². The van der Waals surface area contributed by atoms with Gasteiger partial charge in [-0.15, -0.1) is 0 Å². The van der Waals surface area contributed by atoms with Crippen LogP contribution in [0, 0.1) is 17.8 Å². The van der Waals surface area contributed by atoms with Crippen LogP contribution < -0.4 is 0 Å². The smallest absolute Gasteiger partial charge is 0.303 e. The first-order valence-corrected chi connectivity index (χ1v) is 5.97. The molecule has 1 aliphatic heterocycles. The normalized spacial score (nSPS) is 45.1. The molecule has 0 spiro atoms. The summed E-state index contributed by atoms with van der Waals surface area (Å²) in [6, 6.07) is 0. The van der Waals surface area contributed by atoms with E-state index < -0.39 is 5.97 Å². The molecule has 1 aliphatic carbocycles. The van der Waals surface area contributed by atoms with Gasteiger partial charge in [-0.3, -0.25) is 4.79 Å². The van der Waals surface area contributed by atoms with Gasteiger partial charge < -0.3 is 9.84 Å². The van der Waals surface area contributed by atoms with E-state index in [4.69, 9.17) is 9.84 Å². The Balaban J connectivity index is 2.08. The first kappa shape index (κ1) is 10.9. The summed E-state index contributed by atoms with van der Waals surface area (Å²) in [5, 5.41) is 8.90. The highest BCUT2D eigenvalue weighted by Crippen LogP contribution is 2.45. The van der Waals surface area contributed by atoms with Crippen molar-refractivity contribution >= 4 is 5.97 Å². The number of ether oxygens (including phenoxy) is 1. The maximum absolute atomic E-state index is 10.8.